The average Bonchev–Trinajstić information content (AvgIpc) is 2.43. The maximum Gasteiger partial charge on any atom is 0.270 e. The maximum atomic E-state index is 12.2. The summed E-state index contributed by atoms with van der Waals surface area (Å²) in [5.41, 5.74) is 5.74. The molecular weight excluding hydrogens is 317 g/mol. The molecule has 8 heteroatoms. The van der Waals surface area contributed by atoms with Gasteiger partial charge in [-0.25, -0.2) is 0 Å². The van der Waals surface area contributed by atoms with E-state index in [1.54, 1.807) is 18.2 Å². The van der Waals surface area contributed by atoms with Gasteiger partial charge in [0.25, 0.3) is 11.6 Å². The van der Waals surface area contributed by atoms with Crippen molar-refractivity contribution in [1.29, 1.82) is 0 Å². The second-order valence-electron chi connectivity index (χ2n) is 4.08. The van der Waals surface area contributed by atoms with Crippen molar-refractivity contribution in [2.24, 2.45) is 0 Å². The number of carbonyl (C=O) groups excluding carboxylic acids is 1. The number of nitrogen functional groups attached to an aromatic ring is 1. The summed E-state index contributed by atoms with van der Waals surface area (Å²) in [5.74, 6) is -0.633. The van der Waals surface area contributed by atoms with Crippen molar-refractivity contribution in [3.63, 3.8) is 0 Å². The fourth-order valence-electron chi connectivity index (χ4n) is 1.65. The van der Waals surface area contributed by atoms with E-state index in [9.17, 15) is 14.9 Å². The minimum atomic E-state index is -0.633. The summed E-state index contributed by atoms with van der Waals surface area (Å²) >= 11 is 11.9. The molecule has 6 nitrogen and oxygen atoms in total. The van der Waals surface area contributed by atoms with Crippen LogP contribution in [-0.4, -0.2) is 10.8 Å². The third-order valence-electron chi connectivity index (χ3n) is 2.69. The molecule has 0 radical (unpaired) electrons. The second kappa shape index (κ2) is 5.99. The standard InChI is InChI=1S/C13H9Cl2N3O3/c14-9-2-1-3-10(15)12(9)17-13(19)8-6-7(18(20)21)4-5-11(8)16/h1-6H,16H2,(H,17,19). The highest BCUT2D eigenvalue weighted by atomic mass is 35.5. The topological polar surface area (TPSA) is 98.3 Å². The Kier molecular flexibility index (Phi) is 4.30. The Morgan fingerprint density at radius 3 is 2.38 bits per heavy atom. The number of para-hydroxylation sites is 1. The molecule has 2 rings (SSSR count). The monoisotopic (exact) mass is 325 g/mol. The van der Waals surface area contributed by atoms with Gasteiger partial charge in [0, 0.05) is 17.8 Å². The number of amides is 1. The number of anilines is 2. The molecule has 0 heterocycles. The van der Waals surface area contributed by atoms with Crippen molar-refractivity contribution >= 4 is 46.2 Å². The molecular formula is C13H9Cl2N3O3. The van der Waals surface area contributed by atoms with Crippen LogP contribution in [-0.2, 0) is 0 Å². The van der Waals surface area contributed by atoms with Crippen LogP contribution in [0.4, 0.5) is 17.1 Å². The number of hydrogen-bond donors (Lipinski definition) is 2. The van der Waals surface area contributed by atoms with E-state index < -0.39 is 10.8 Å². The predicted octanol–water partition coefficient (Wildman–Crippen LogP) is 3.74. The van der Waals surface area contributed by atoms with Gasteiger partial charge < -0.3 is 11.1 Å². The summed E-state index contributed by atoms with van der Waals surface area (Å²) in [7, 11) is 0. The zero-order valence-corrected chi connectivity index (χ0v) is 12.0. The molecule has 0 spiro atoms. The number of carbonyl (C=O) groups is 1. The van der Waals surface area contributed by atoms with E-state index in [-0.39, 0.29) is 32.7 Å². The van der Waals surface area contributed by atoms with Gasteiger partial charge in [0.1, 0.15) is 0 Å². The highest BCUT2D eigenvalue weighted by Crippen LogP contribution is 2.31. The Bertz CT molecular complexity index is 714. The molecule has 0 aromatic heterocycles. The van der Waals surface area contributed by atoms with E-state index in [0.29, 0.717) is 0 Å². The zero-order chi connectivity index (χ0) is 15.6. The number of halogens is 2. The fourth-order valence-corrected chi connectivity index (χ4v) is 2.14. The summed E-state index contributed by atoms with van der Waals surface area (Å²) < 4.78 is 0. The molecule has 0 aliphatic heterocycles. The van der Waals surface area contributed by atoms with Gasteiger partial charge >= 0.3 is 0 Å². The van der Waals surface area contributed by atoms with Gasteiger partial charge in [0.05, 0.1) is 26.2 Å². The molecule has 108 valence electrons. The minimum absolute atomic E-state index is 0.0276. The molecule has 21 heavy (non-hydrogen) atoms. The van der Waals surface area contributed by atoms with Gasteiger partial charge in [-0.2, -0.15) is 0 Å². The number of benzene rings is 2. The second-order valence-corrected chi connectivity index (χ2v) is 4.89. The molecule has 3 N–H and O–H groups in total. The number of non-ortho nitro benzene ring substituents is 1. The van der Waals surface area contributed by atoms with Gasteiger partial charge in [-0.1, -0.05) is 29.3 Å². The van der Waals surface area contributed by atoms with E-state index in [4.69, 9.17) is 28.9 Å². The van der Waals surface area contributed by atoms with Crippen molar-refractivity contribution in [3.05, 3.63) is 62.1 Å². The minimum Gasteiger partial charge on any atom is -0.398 e. The van der Waals surface area contributed by atoms with Crippen LogP contribution in [0.3, 0.4) is 0 Å². The summed E-state index contributed by atoms with van der Waals surface area (Å²) in [4.78, 5) is 22.3. The Morgan fingerprint density at radius 1 is 1.19 bits per heavy atom. The highest BCUT2D eigenvalue weighted by Gasteiger charge is 2.17. The lowest BCUT2D eigenvalue weighted by molar-refractivity contribution is -0.384. The fraction of sp³-hybridized carbons (Fsp3) is 0. The van der Waals surface area contributed by atoms with Crippen LogP contribution in [0.2, 0.25) is 10.0 Å². The Morgan fingerprint density at radius 2 is 1.81 bits per heavy atom. The van der Waals surface area contributed by atoms with E-state index in [2.05, 4.69) is 5.32 Å². The molecule has 0 aliphatic rings. The summed E-state index contributed by atoms with van der Waals surface area (Å²) in [6.45, 7) is 0. The van der Waals surface area contributed by atoms with Gasteiger partial charge in [-0.3, -0.25) is 14.9 Å². The van der Waals surface area contributed by atoms with E-state index >= 15 is 0 Å². The number of hydrogen-bond acceptors (Lipinski definition) is 4. The Labute approximate surface area is 129 Å². The summed E-state index contributed by atoms with van der Waals surface area (Å²) in [6.07, 6.45) is 0. The maximum absolute atomic E-state index is 12.2. The lowest BCUT2D eigenvalue weighted by atomic mass is 10.1. The first-order valence-corrected chi connectivity index (χ1v) is 6.45. The number of nitro benzene ring substituents is 1. The largest absolute Gasteiger partial charge is 0.398 e. The predicted molar refractivity (Wildman–Crippen MR) is 81.9 cm³/mol. The van der Waals surface area contributed by atoms with E-state index in [1.165, 1.54) is 12.1 Å². The average molecular weight is 326 g/mol. The zero-order valence-electron chi connectivity index (χ0n) is 10.5. The van der Waals surface area contributed by atoms with E-state index in [0.717, 1.165) is 6.07 Å². The van der Waals surface area contributed by atoms with Crippen molar-refractivity contribution < 1.29 is 9.72 Å². The number of nitrogens with one attached hydrogen (secondary N) is 1. The molecule has 0 saturated carbocycles. The first-order chi connectivity index (χ1) is 9.90. The summed E-state index contributed by atoms with van der Waals surface area (Å²) in [5, 5.41) is 13.7. The molecule has 0 atom stereocenters. The molecule has 1 amide bonds. The highest BCUT2D eigenvalue weighted by molar-refractivity contribution is 6.40. The van der Waals surface area contributed by atoms with Gasteiger partial charge in [0.15, 0.2) is 0 Å². The first-order valence-electron chi connectivity index (χ1n) is 5.69. The van der Waals surface area contributed by atoms with Crippen LogP contribution >= 0.6 is 23.2 Å². The first kappa shape index (κ1) is 15.1. The third kappa shape index (κ3) is 3.24. The van der Waals surface area contributed by atoms with Crippen LogP contribution in [0.15, 0.2) is 36.4 Å². The van der Waals surface area contributed by atoms with Crippen LogP contribution in [0.25, 0.3) is 0 Å². The number of nitrogens with two attached hydrogens (primary N) is 1. The molecule has 0 fully saturated rings. The normalized spacial score (nSPS) is 10.2. The van der Waals surface area contributed by atoms with Crippen LogP contribution in [0, 0.1) is 10.1 Å². The van der Waals surface area contributed by atoms with Gasteiger partial charge in [-0.05, 0) is 18.2 Å². The van der Waals surface area contributed by atoms with Crippen molar-refractivity contribution in [1.82, 2.24) is 0 Å². The molecule has 2 aromatic carbocycles. The number of nitro groups is 1. The lowest BCUT2D eigenvalue weighted by Gasteiger charge is -2.10. The van der Waals surface area contributed by atoms with Crippen molar-refractivity contribution in [2.45, 2.75) is 0 Å². The number of rotatable bonds is 3. The molecule has 0 saturated heterocycles. The molecule has 2 aromatic rings. The molecule has 0 unspecified atom stereocenters. The summed E-state index contributed by atoms with van der Waals surface area (Å²) in [6, 6.07) is 8.34. The Hall–Kier alpha value is -2.31. The third-order valence-corrected chi connectivity index (χ3v) is 3.32. The Balaban J connectivity index is 2.37. The van der Waals surface area contributed by atoms with Crippen LogP contribution in [0.1, 0.15) is 10.4 Å². The van der Waals surface area contributed by atoms with Crippen LogP contribution in [0.5, 0.6) is 0 Å². The van der Waals surface area contributed by atoms with Gasteiger partial charge in [-0.15, -0.1) is 0 Å². The smallest absolute Gasteiger partial charge is 0.270 e. The number of nitrogens with zero attached hydrogens (tertiary/aromatic N) is 1. The van der Waals surface area contributed by atoms with Gasteiger partial charge in [0.2, 0.25) is 0 Å². The van der Waals surface area contributed by atoms with Crippen LogP contribution < -0.4 is 11.1 Å². The van der Waals surface area contributed by atoms with Crippen molar-refractivity contribution in [3.8, 4) is 0 Å². The molecule has 0 aliphatic carbocycles. The van der Waals surface area contributed by atoms with E-state index in [1.807, 2.05) is 0 Å². The quantitative estimate of drug-likeness (QED) is 0.510. The lowest BCUT2D eigenvalue weighted by Crippen LogP contribution is -2.15. The van der Waals surface area contributed by atoms with Crippen molar-refractivity contribution in [2.75, 3.05) is 11.1 Å². The molecule has 0 bridgehead atoms. The SMILES string of the molecule is Nc1ccc([N+](=O)[O-])cc1C(=O)Nc1c(Cl)cccc1Cl.